The predicted molar refractivity (Wildman–Crippen MR) is 115 cm³/mol. The largest absolute Gasteiger partial charge is 0.493 e. The second-order valence-electron chi connectivity index (χ2n) is 7.66. The Labute approximate surface area is 176 Å². The van der Waals surface area contributed by atoms with E-state index in [2.05, 4.69) is 11.9 Å². The fourth-order valence-corrected chi connectivity index (χ4v) is 3.87. The maximum absolute atomic E-state index is 11.2. The van der Waals surface area contributed by atoms with E-state index in [0.29, 0.717) is 18.9 Å². The first-order valence-corrected chi connectivity index (χ1v) is 10.3. The van der Waals surface area contributed by atoms with Crippen molar-refractivity contribution >= 4 is 11.7 Å². The number of nitrogens with zero attached hydrogens (tertiary/aromatic N) is 2. The van der Waals surface area contributed by atoms with Crippen LogP contribution in [0.15, 0.2) is 46.9 Å². The minimum absolute atomic E-state index is 0.0103. The molecular formula is C24H26N2O4. The standard InChI is InChI=1S/C24H26N2O4/c1-16-8-10-18(11-9-16)24-25-20(17(2)30-24)12-14-29-22-7-3-6-21-19(22)5-4-13-26(21)15-23(27)28/h3,6-11H,4-5,12-15H2,1-2H3,(H,27,28). The molecule has 0 amide bonds. The molecule has 6 nitrogen and oxygen atoms in total. The number of carbonyl (C=O) groups is 1. The van der Waals surface area contributed by atoms with Gasteiger partial charge in [0.05, 0.1) is 12.3 Å². The van der Waals surface area contributed by atoms with Crippen molar-refractivity contribution in [2.45, 2.75) is 33.1 Å². The highest BCUT2D eigenvalue weighted by Gasteiger charge is 2.22. The molecule has 0 atom stereocenters. The molecule has 0 spiro atoms. The van der Waals surface area contributed by atoms with Gasteiger partial charge >= 0.3 is 5.97 Å². The number of hydrogen-bond acceptors (Lipinski definition) is 5. The van der Waals surface area contributed by atoms with Crippen molar-refractivity contribution < 1.29 is 19.1 Å². The van der Waals surface area contributed by atoms with E-state index in [1.54, 1.807) is 0 Å². The lowest BCUT2D eigenvalue weighted by atomic mass is 10.0. The van der Waals surface area contributed by atoms with E-state index >= 15 is 0 Å². The number of oxazole rings is 1. The fraction of sp³-hybridized carbons (Fsp3) is 0.333. The molecule has 0 radical (unpaired) electrons. The Hall–Kier alpha value is -3.28. The van der Waals surface area contributed by atoms with Crippen molar-refractivity contribution in [3.63, 3.8) is 0 Å². The third-order valence-electron chi connectivity index (χ3n) is 5.42. The summed E-state index contributed by atoms with van der Waals surface area (Å²) in [5.41, 5.74) is 5.10. The summed E-state index contributed by atoms with van der Waals surface area (Å²) in [7, 11) is 0. The number of aliphatic carboxylic acids is 1. The summed E-state index contributed by atoms with van der Waals surface area (Å²) in [5.74, 6) is 1.43. The lowest BCUT2D eigenvalue weighted by Gasteiger charge is -2.31. The van der Waals surface area contributed by atoms with Crippen LogP contribution in [0.1, 0.15) is 29.0 Å². The van der Waals surface area contributed by atoms with Crippen molar-refractivity contribution in [1.82, 2.24) is 4.98 Å². The number of fused-ring (bicyclic) bond motifs is 1. The van der Waals surface area contributed by atoms with Crippen molar-refractivity contribution in [3.8, 4) is 17.2 Å². The van der Waals surface area contributed by atoms with Gasteiger partial charge in [-0.05, 0) is 51.0 Å². The van der Waals surface area contributed by atoms with E-state index in [1.807, 2.05) is 54.3 Å². The molecule has 0 fully saturated rings. The Balaban J connectivity index is 1.44. The number of benzene rings is 2. The van der Waals surface area contributed by atoms with Crippen LogP contribution in [0.5, 0.6) is 5.75 Å². The lowest BCUT2D eigenvalue weighted by Crippen LogP contribution is -2.34. The van der Waals surface area contributed by atoms with E-state index < -0.39 is 5.97 Å². The van der Waals surface area contributed by atoms with Crippen LogP contribution in [0.3, 0.4) is 0 Å². The van der Waals surface area contributed by atoms with E-state index in [4.69, 9.17) is 14.3 Å². The number of aryl methyl sites for hydroxylation is 2. The molecule has 0 aliphatic carbocycles. The Kier molecular flexibility index (Phi) is 5.74. The quantitative estimate of drug-likeness (QED) is 0.626. The number of aromatic nitrogens is 1. The molecule has 0 saturated carbocycles. The van der Waals surface area contributed by atoms with E-state index in [1.165, 1.54) is 5.56 Å². The summed E-state index contributed by atoms with van der Waals surface area (Å²) < 4.78 is 11.9. The van der Waals surface area contributed by atoms with Crippen molar-refractivity contribution in [2.75, 3.05) is 24.6 Å². The van der Waals surface area contributed by atoms with Crippen LogP contribution >= 0.6 is 0 Å². The van der Waals surface area contributed by atoms with Crippen LogP contribution in [-0.2, 0) is 17.6 Å². The van der Waals surface area contributed by atoms with Crippen LogP contribution in [0.4, 0.5) is 5.69 Å². The Bertz CT molecular complexity index is 1040. The van der Waals surface area contributed by atoms with E-state index in [-0.39, 0.29) is 6.54 Å². The van der Waals surface area contributed by atoms with Gasteiger partial charge in [-0.2, -0.15) is 0 Å². The number of carboxylic acid groups (broad SMARTS) is 1. The summed E-state index contributed by atoms with van der Waals surface area (Å²) >= 11 is 0. The van der Waals surface area contributed by atoms with Gasteiger partial charge in [0.1, 0.15) is 18.1 Å². The third kappa shape index (κ3) is 4.32. The molecule has 6 heteroatoms. The van der Waals surface area contributed by atoms with Gasteiger partial charge in [0.2, 0.25) is 5.89 Å². The van der Waals surface area contributed by atoms with E-state index in [9.17, 15) is 4.79 Å². The zero-order valence-corrected chi connectivity index (χ0v) is 17.4. The molecule has 2 aromatic carbocycles. The Morgan fingerprint density at radius 3 is 2.77 bits per heavy atom. The summed E-state index contributed by atoms with van der Waals surface area (Å²) in [4.78, 5) is 17.7. The molecule has 1 aliphatic rings. The van der Waals surface area contributed by atoms with Crippen molar-refractivity contribution in [2.24, 2.45) is 0 Å². The molecule has 30 heavy (non-hydrogen) atoms. The topological polar surface area (TPSA) is 75.8 Å². The van der Waals surface area contributed by atoms with Crippen LogP contribution in [0.2, 0.25) is 0 Å². The number of rotatable bonds is 7. The lowest BCUT2D eigenvalue weighted by molar-refractivity contribution is -0.135. The van der Waals surface area contributed by atoms with Gasteiger partial charge in [0.15, 0.2) is 0 Å². The summed E-state index contributed by atoms with van der Waals surface area (Å²) in [5, 5.41) is 9.16. The number of ether oxygens (including phenoxy) is 1. The normalized spacial score (nSPS) is 13.2. The number of hydrogen-bond donors (Lipinski definition) is 1. The van der Waals surface area contributed by atoms with Gasteiger partial charge in [0.25, 0.3) is 0 Å². The molecule has 3 aromatic rings. The minimum atomic E-state index is -0.819. The van der Waals surface area contributed by atoms with Crippen LogP contribution in [0, 0.1) is 13.8 Å². The Morgan fingerprint density at radius 1 is 1.20 bits per heavy atom. The summed E-state index contributed by atoms with van der Waals surface area (Å²) in [6.45, 7) is 5.22. The number of anilines is 1. The first-order valence-electron chi connectivity index (χ1n) is 10.3. The SMILES string of the molecule is Cc1ccc(-c2nc(CCOc3cccc4c3CCCN4CC(=O)O)c(C)o2)cc1. The van der Waals surface area contributed by atoms with Crippen LogP contribution < -0.4 is 9.64 Å². The summed E-state index contributed by atoms with van der Waals surface area (Å²) in [6.07, 6.45) is 2.45. The molecular weight excluding hydrogens is 380 g/mol. The van der Waals surface area contributed by atoms with Gasteiger partial charge in [-0.15, -0.1) is 0 Å². The van der Waals surface area contributed by atoms with E-state index in [0.717, 1.165) is 53.4 Å². The van der Waals surface area contributed by atoms with Crippen molar-refractivity contribution in [1.29, 1.82) is 0 Å². The summed E-state index contributed by atoms with van der Waals surface area (Å²) in [6, 6.07) is 14.0. The van der Waals surface area contributed by atoms with Gasteiger partial charge in [-0.25, -0.2) is 4.98 Å². The Morgan fingerprint density at radius 2 is 2.00 bits per heavy atom. The van der Waals surface area contributed by atoms with Gasteiger partial charge in [-0.1, -0.05) is 23.8 Å². The molecule has 1 aliphatic heterocycles. The first-order chi connectivity index (χ1) is 14.5. The average molecular weight is 406 g/mol. The second kappa shape index (κ2) is 8.61. The fourth-order valence-electron chi connectivity index (χ4n) is 3.87. The molecule has 4 rings (SSSR count). The minimum Gasteiger partial charge on any atom is -0.493 e. The maximum atomic E-state index is 11.2. The highest BCUT2D eigenvalue weighted by molar-refractivity contribution is 5.75. The highest BCUT2D eigenvalue weighted by Crippen LogP contribution is 2.34. The molecule has 0 saturated heterocycles. The van der Waals surface area contributed by atoms with Gasteiger partial charge in [0, 0.05) is 29.8 Å². The molecule has 156 valence electrons. The zero-order chi connectivity index (χ0) is 21.1. The third-order valence-corrected chi connectivity index (χ3v) is 5.42. The smallest absolute Gasteiger partial charge is 0.323 e. The number of carboxylic acids is 1. The molecule has 1 aromatic heterocycles. The maximum Gasteiger partial charge on any atom is 0.323 e. The second-order valence-corrected chi connectivity index (χ2v) is 7.66. The first kappa shape index (κ1) is 20.0. The molecule has 1 N–H and O–H groups in total. The zero-order valence-electron chi connectivity index (χ0n) is 17.4. The van der Waals surface area contributed by atoms with Gasteiger partial charge < -0.3 is 19.2 Å². The van der Waals surface area contributed by atoms with Gasteiger partial charge in [-0.3, -0.25) is 4.79 Å². The van der Waals surface area contributed by atoms with Crippen LogP contribution in [0.25, 0.3) is 11.5 Å². The molecule has 0 unspecified atom stereocenters. The predicted octanol–water partition coefficient (Wildman–Crippen LogP) is 4.42. The molecule has 2 heterocycles. The average Bonchev–Trinajstić information content (AvgIpc) is 3.09. The monoisotopic (exact) mass is 406 g/mol. The van der Waals surface area contributed by atoms with Crippen LogP contribution in [-0.4, -0.2) is 35.8 Å². The molecule has 0 bridgehead atoms. The highest BCUT2D eigenvalue weighted by atomic mass is 16.5. The van der Waals surface area contributed by atoms with Crippen molar-refractivity contribution in [3.05, 3.63) is 65.0 Å².